The number of rotatable bonds is 12. The number of aliphatic hydroxyl groups excluding tert-OH is 2. The van der Waals surface area contributed by atoms with Crippen LogP contribution in [0.5, 0.6) is 11.5 Å². The lowest BCUT2D eigenvalue weighted by atomic mass is 9.78. The van der Waals surface area contributed by atoms with E-state index in [9.17, 15) is 10.2 Å². The van der Waals surface area contributed by atoms with Crippen molar-refractivity contribution in [2.45, 2.75) is 45.4 Å². The van der Waals surface area contributed by atoms with Gasteiger partial charge in [0.05, 0.1) is 25.5 Å². The Morgan fingerprint density at radius 1 is 1.00 bits per heavy atom. The summed E-state index contributed by atoms with van der Waals surface area (Å²) >= 11 is 7.85. The average Bonchev–Trinajstić information content (AvgIpc) is 3.20. The fourth-order valence-corrected chi connectivity index (χ4v) is 4.07. The highest BCUT2D eigenvalue weighted by Crippen LogP contribution is 2.33. The van der Waals surface area contributed by atoms with E-state index in [2.05, 4.69) is 43.2 Å². The van der Waals surface area contributed by atoms with E-state index in [0.717, 1.165) is 11.3 Å². The van der Waals surface area contributed by atoms with E-state index >= 15 is 0 Å². The van der Waals surface area contributed by atoms with Gasteiger partial charge in [-0.1, -0.05) is 50.3 Å². The first-order chi connectivity index (χ1) is 16.2. The normalized spacial score (nSPS) is 13.5. The highest BCUT2D eigenvalue weighted by Gasteiger charge is 2.23. The Bertz CT molecular complexity index is 1040. The minimum Gasteiger partial charge on any atom is -0.493 e. The first kappa shape index (κ1) is 26.7. The second-order valence-corrected chi connectivity index (χ2v) is 10.2. The second-order valence-electron chi connectivity index (χ2n) is 8.88. The number of halogens is 2. The molecule has 0 radical (unpaired) electrons. The van der Waals surface area contributed by atoms with E-state index in [0.29, 0.717) is 33.5 Å². The molecule has 0 bridgehead atoms. The van der Waals surface area contributed by atoms with Crippen LogP contribution in [0.4, 0.5) is 0 Å². The van der Waals surface area contributed by atoms with Crippen molar-refractivity contribution in [1.82, 2.24) is 15.0 Å². The van der Waals surface area contributed by atoms with Crippen molar-refractivity contribution in [2.24, 2.45) is 5.92 Å². The number of aliphatic hydroxyl groups is 2. The van der Waals surface area contributed by atoms with Crippen LogP contribution in [0, 0.1) is 9.62 Å². The Hall–Kier alpha value is -1.88. The van der Waals surface area contributed by atoms with Crippen molar-refractivity contribution in [3.05, 3.63) is 69.1 Å². The van der Waals surface area contributed by atoms with E-state index in [1.54, 1.807) is 0 Å². The third-order valence-electron chi connectivity index (χ3n) is 5.72. The number of hydrogen-bond acceptors (Lipinski definition) is 6. The maximum atomic E-state index is 10.3. The van der Waals surface area contributed by atoms with Crippen LogP contribution in [0.25, 0.3) is 0 Å². The molecule has 0 aliphatic heterocycles. The average molecular weight is 600 g/mol. The standard InChI is InChI=1S/C25H31ClIN3O4/c1-17(12-26)15-33-21-8-4-18(5-9-21)25(2,3)19-6-10-22(11-7-19)34-16-20(32)13-30-23(14-31)24(27)28-29-30/h4-11,17,20,31-32H,12-16H2,1-3H3/t17-,20+/m1/s1. The highest BCUT2D eigenvalue weighted by atomic mass is 127. The van der Waals surface area contributed by atoms with Gasteiger partial charge >= 0.3 is 0 Å². The predicted octanol–water partition coefficient (Wildman–Crippen LogP) is 4.39. The van der Waals surface area contributed by atoms with E-state index in [1.807, 2.05) is 59.0 Å². The van der Waals surface area contributed by atoms with Crippen molar-refractivity contribution >= 4 is 34.2 Å². The van der Waals surface area contributed by atoms with Crippen LogP contribution in [-0.2, 0) is 18.6 Å². The third kappa shape index (κ3) is 6.84. The van der Waals surface area contributed by atoms with Crippen LogP contribution < -0.4 is 9.47 Å². The summed E-state index contributed by atoms with van der Waals surface area (Å²) in [6.07, 6.45) is -0.785. The van der Waals surface area contributed by atoms with Crippen LogP contribution in [0.2, 0.25) is 0 Å². The molecule has 7 nitrogen and oxygen atoms in total. The largest absolute Gasteiger partial charge is 0.493 e. The number of hydrogen-bond donors (Lipinski definition) is 2. The minimum atomic E-state index is -0.785. The lowest BCUT2D eigenvalue weighted by Crippen LogP contribution is -2.25. The third-order valence-corrected chi connectivity index (χ3v) is 7.08. The number of alkyl halides is 1. The lowest BCUT2D eigenvalue weighted by molar-refractivity contribution is 0.0866. The molecule has 2 N–H and O–H groups in total. The van der Waals surface area contributed by atoms with Crippen LogP contribution in [0.3, 0.4) is 0 Å². The Labute approximate surface area is 219 Å². The van der Waals surface area contributed by atoms with Gasteiger partial charge in [0.25, 0.3) is 0 Å². The Morgan fingerprint density at radius 2 is 1.53 bits per heavy atom. The molecule has 0 amide bonds. The molecule has 2 aromatic carbocycles. The van der Waals surface area contributed by atoms with Gasteiger partial charge in [-0.15, -0.1) is 16.7 Å². The summed E-state index contributed by atoms with van der Waals surface area (Å²) in [6.45, 7) is 7.13. The lowest BCUT2D eigenvalue weighted by Gasteiger charge is -2.26. The summed E-state index contributed by atoms with van der Waals surface area (Å²) in [5.74, 6) is 2.40. The maximum absolute atomic E-state index is 10.3. The summed E-state index contributed by atoms with van der Waals surface area (Å²) < 4.78 is 13.7. The van der Waals surface area contributed by atoms with Gasteiger partial charge < -0.3 is 19.7 Å². The van der Waals surface area contributed by atoms with E-state index in [-0.39, 0.29) is 25.2 Å². The Kier molecular flexibility index (Phi) is 9.58. The van der Waals surface area contributed by atoms with E-state index in [4.69, 9.17) is 21.1 Å². The predicted molar refractivity (Wildman–Crippen MR) is 141 cm³/mol. The van der Waals surface area contributed by atoms with Crippen LogP contribution in [0.15, 0.2) is 48.5 Å². The fourth-order valence-electron chi connectivity index (χ4n) is 3.44. The van der Waals surface area contributed by atoms with Gasteiger partial charge in [0, 0.05) is 17.2 Å². The molecule has 34 heavy (non-hydrogen) atoms. The molecule has 9 heteroatoms. The van der Waals surface area contributed by atoms with Crippen LogP contribution in [-0.4, -0.2) is 50.4 Å². The zero-order chi connectivity index (χ0) is 24.7. The molecule has 3 aromatic rings. The molecule has 1 aromatic heterocycles. The second kappa shape index (κ2) is 12.2. The van der Waals surface area contributed by atoms with E-state index < -0.39 is 6.10 Å². The van der Waals surface area contributed by atoms with Gasteiger partial charge in [-0.3, -0.25) is 0 Å². The molecule has 3 rings (SSSR count). The quantitative estimate of drug-likeness (QED) is 0.237. The summed E-state index contributed by atoms with van der Waals surface area (Å²) in [4.78, 5) is 0. The molecule has 0 saturated heterocycles. The van der Waals surface area contributed by atoms with Crippen molar-refractivity contribution in [2.75, 3.05) is 19.1 Å². The number of aromatic nitrogens is 3. The maximum Gasteiger partial charge on any atom is 0.149 e. The van der Waals surface area contributed by atoms with Crippen molar-refractivity contribution < 1.29 is 19.7 Å². The molecule has 1 heterocycles. The highest BCUT2D eigenvalue weighted by molar-refractivity contribution is 14.1. The van der Waals surface area contributed by atoms with Gasteiger partial charge in [0.1, 0.15) is 27.9 Å². The molecule has 0 aliphatic rings. The molecule has 184 valence electrons. The van der Waals surface area contributed by atoms with Gasteiger partial charge in [0.15, 0.2) is 0 Å². The number of benzene rings is 2. The molecular weight excluding hydrogens is 569 g/mol. The van der Waals surface area contributed by atoms with Crippen LogP contribution >= 0.6 is 34.2 Å². The number of ether oxygens (including phenoxy) is 2. The SMILES string of the molecule is C[C@H](CCl)COc1ccc(C(C)(C)c2ccc(OC[C@@H](O)Cn3nnc(I)c3CO)cc2)cc1. The first-order valence-corrected chi connectivity index (χ1v) is 12.7. The Balaban J connectivity index is 1.57. The molecule has 0 fully saturated rings. The monoisotopic (exact) mass is 599 g/mol. The number of nitrogens with zero attached hydrogens (tertiary/aromatic N) is 3. The smallest absolute Gasteiger partial charge is 0.149 e. The van der Waals surface area contributed by atoms with Crippen molar-refractivity contribution in [3.63, 3.8) is 0 Å². The first-order valence-electron chi connectivity index (χ1n) is 11.1. The summed E-state index contributed by atoms with van der Waals surface area (Å²) in [7, 11) is 0. The molecule has 0 unspecified atom stereocenters. The van der Waals surface area contributed by atoms with Gasteiger partial charge in [-0.25, -0.2) is 4.68 Å². The van der Waals surface area contributed by atoms with Crippen molar-refractivity contribution in [1.29, 1.82) is 0 Å². The zero-order valence-corrected chi connectivity index (χ0v) is 22.5. The topological polar surface area (TPSA) is 89.6 Å². The fraction of sp³-hybridized carbons (Fsp3) is 0.440. The molecular formula is C25H31ClIN3O4. The van der Waals surface area contributed by atoms with Gasteiger partial charge in [0.2, 0.25) is 0 Å². The van der Waals surface area contributed by atoms with Crippen molar-refractivity contribution in [3.8, 4) is 11.5 Å². The van der Waals surface area contributed by atoms with Gasteiger partial charge in [-0.2, -0.15) is 0 Å². The molecule has 2 atom stereocenters. The summed E-state index contributed by atoms with van der Waals surface area (Å²) in [5, 5.41) is 27.6. The zero-order valence-electron chi connectivity index (χ0n) is 19.6. The summed E-state index contributed by atoms with van der Waals surface area (Å²) in [5.41, 5.74) is 2.70. The molecule has 0 saturated carbocycles. The molecule has 0 aliphatic carbocycles. The summed E-state index contributed by atoms with van der Waals surface area (Å²) in [6, 6.07) is 16.1. The molecule has 0 spiro atoms. The van der Waals surface area contributed by atoms with E-state index in [1.165, 1.54) is 10.2 Å². The van der Waals surface area contributed by atoms with Gasteiger partial charge in [-0.05, 0) is 58.0 Å². The van der Waals surface area contributed by atoms with Crippen LogP contribution in [0.1, 0.15) is 37.6 Å². The Morgan fingerprint density at radius 3 is 2.03 bits per heavy atom. The minimum absolute atomic E-state index is 0.105.